The van der Waals surface area contributed by atoms with Crippen molar-refractivity contribution < 1.29 is 39.1 Å². The van der Waals surface area contributed by atoms with Crippen LogP contribution in [0.4, 0.5) is 0 Å². The molecular formula is C15H24O8. The van der Waals surface area contributed by atoms with Crippen LogP contribution in [0.2, 0.25) is 0 Å². The molecule has 0 aromatic rings. The van der Waals surface area contributed by atoms with Crippen LogP contribution in [0.25, 0.3) is 0 Å². The minimum Gasteiger partial charge on any atom is -0.462 e. The number of carbonyl (C=O) groups is 1. The number of rotatable bonds is 9. The lowest BCUT2D eigenvalue weighted by Crippen LogP contribution is -2.68. The fraction of sp³-hybridized carbons (Fsp3) is 0.800. The van der Waals surface area contributed by atoms with Crippen molar-refractivity contribution in [3.05, 3.63) is 12.2 Å². The molecule has 1 atom stereocenters. The van der Waals surface area contributed by atoms with Gasteiger partial charge in [-0.2, -0.15) is 0 Å². The molecule has 3 fully saturated rings. The average Bonchev–Trinajstić information content (AvgIpc) is 2.98. The SMILES string of the molecule is C=C(C(=O)OCCC)C12OC(C(CO)(CO)CCO)(OC1C)O2. The molecule has 3 rings (SSSR count). The molecule has 3 heterocycles. The van der Waals surface area contributed by atoms with Gasteiger partial charge in [0.1, 0.15) is 11.5 Å². The highest BCUT2D eigenvalue weighted by atomic mass is 17.1. The maximum absolute atomic E-state index is 12.0. The molecule has 0 spiro atoms. The van der Waals surface area contributed by atoms with E-state index in [0.29, 0.717) is 6.42 Å². The molecule has 0 radical (unpaired) electrons. The molecule has 23 heavy (non-hydrogen) atoms. The molecule has 8 heteroatoms. The Kier molecular flexibility index (Phi) is 5.15. The topological polar surface area (TPSA) is 115 Å². The number of hydrogen-bond donors (Lipinski definition) is 3. The first-order valence-corrected chi connectivity index (χ1v) is 7.64. The predicted octanol–water partition coefficient (Wildman–Crippen LogP) is -0.335. The van der Waals surface area contributed by atoms with E-state index in [2.05, 4.69) is 6.58 Å². The summed E-state index contributed by atoms with van der Waals surface area (Å²) in [4.78, 5) is 12.0. The second-order valence-corrected chi connectivity index (χ2v) is 5.87. The summed E-state index contributed by atoms with van der Waals surface area (Å²) in [7, 11) is 0. The molecule has 132 valence electrons. The third-order valence-electron chi connectivity index (χ3n) is 4.39. The van der Waals surface area contributed by atoms with Crippen molar-refractivity contribution in [1.82, 2.24) is 0 Å². The fourth-order valence-corrected chi connectivity index (χ4v) is 2.83. The van der Waals surface area contributed by atoms with Crippen LogP contribution in [0, 0.1) is 5.41 Å². The van der Waals surface area contributed by atoms with E-state index in [1.807, 2.05) is 6.92 Å². The number of aliphatic hydroxyl groups excluding tert-OH is 3. The van der Waals surface area contributed by atoms with E-state index in [0.717, 1.165) is 0 Å². The summed E-state index contributed by atoms with van der Waals surface area (Å²) in [6.45, 7) is 6.06. The molecule has 0 aromatic carbocycles. The van der Waals surface area contributed by atoms with E-state index in [-0.39, 0.29) is 25.2 Å². The smallest absolute Gasteiger partial charge is 0.339 e. The molecule has 2 bridgehead atoms. The van der Waals surface area contributed by atoms with Crippen LogP contribution in [-0.4, -0.2) is 65.6 Å². The zero-order valence-electron chi connectivity index (χ0n) is 13.4. The highest BCUT2D eigenvalue weighted by molar-refractivity contribution is 5.90. The Balaban J connectivity index is 2.19. The fourth-order valence-electron chi connectivity index (χ4n) is 2.83. The van der Waals surface area contributed by atoms with E-state index in [4.69, 9.17) is 18.9 Å². The lowest BCUT2D eigenvalue weighted by molar-refractivity contribution is -0.535. The highest BCUT2D eigenvalue weighted by Gasteiger charge is 2.79. The summed E-state index contributed by atoms with van der Waals surface area (Å²) in [5.41, 5.74) is -1.40. The Hall–Kier alpha value is -1.03. The maximum Gasteiger partial charge on any atom is 0.339 e. The highest BCUT2D eigenvalue weighted by Crippen LogP contribution is 2.62. The van der Waals surface area contributed by atoms with Crippen molar-refractivity contribution in [2.75, 3.05) is 26.4 Å². The van der Waals surface area contributed by atoms with Crippen molar-refractivity contribution in [1.29, 1.82) is 0 Å². The first kappa shape index (κ1) is 18.3. The van der Waals surface area contributed by atoms with Gasteiger partial charge >= 0.3 is 5.97 Å². The summed E-state index contributed by atoms with van der Waals surface area (Å²) in [5.74, 6) is -3.89. The largest absolute Gasteiger partial charge is 0.462 e. The molecule has 3 N–H and O–H groups in total. The molecule has 3 aliphatic rings. The first-order chi connectivity index (χ1) is 10.9. The number of ether oxygens (including phenoxy) is 4. The van der Waals surface area contributed by atoms with Gasteiger partial charge in [0.15, 0.2) is 0 Å². The maximum atomic E-state index is 12.0. The van der Waals surface area contributed by atoms with E-state index < -0.39 is 42.5 Å². The second kappa shape index (κ2) is 6.46. The van der Waals surface area contributed by atoms with Gasteiger partial charge in [0.25, 0.3) is 5.97 Å². The quantitative estimate of drug-likeness (QED) is 0.388. The normalized spacial score (nSPS) is 32.5. The number of aliphatic hydroxyl groups is 3. The Morgan fingerprint density at radius 3 is 2.39 bits per heavy atom. The van der Waals surface area contributed by atoms with Gasteiger partial charge in [-0.1, -0.05) is 13.5 Å². The van der Waals surface area contributed by atoms with Gasteiger partial charge in [0.05, 0.1) is 25.4 Å². The zero-order valence-corrected chi connectivity index (χ0v) is 13.4. The Labute approximate surface area is 134 Å². The predicted molar refractivity (Wildman–Crippen MR) is 76.9 cm³/mol. The third-order valence-corrected chi connectivity index (χ3v) is 4.39. The molecular weight excluding hydrogens is 308 g/mol. The van der Waals surface area contributed by atoms with E-state index in [1.165, 1.54) is 0 Å². The van der Waals surface area contributed by atoms with Crippen molar-refractivity contribution in [3.63, 3.8) is 0 Å². The summed E-state index contributed by atoms with van der Waals surface area (Å²) in [5, 5.41) is 28.5. The van der Waals surface area contributed by atoms with Gasteiger partial charge in [-0.3, -0.25) is 9.47 Å². The van der Waals surface area contributed by atoms with E-state index >= 15 is 0 Å². The Morgan fingerprint density at radius 2 is 1.91 bits per heavy atom. The van der Waals surface area contributed by atoms with Crippen LogP contribution in [0.1, 0.15) is 26.7 Å². The molecule has 0 aromatic heterocycles. The monoisotopic (exact) mass is 332 g/mol. The summed E-state index contributed by atoms with van der Waals surface area (Å²) >= 11 is 0. The van der Waals surface area contributed by atoms with Gasteiger partial charge in [-0.25, -0.2) is 4.79 Å². The van der Waals surface area contributed by atoms with Gasteiger partial charge in [0, 0.05) is 6.61 Å². The van der Waals surface area contributed by atoms with Crippen LogP contribution < -0.4 is 0 Å². The van der Waals surface area contributed by atoms with E-state index in [1.54, 1.807) is 6.92 Å². The Morgan fingerprint density at radius 1 is 1.30 bits per heavy atom. The Bertz CT molecular complexity index is 464. The van der Waals surface area contributed by atoms with Crippen LogP contribution in [0.15, 0.2) is 12.2 Å². The van der Waals surface area contributed by atoms with Crippen LogP contribution in [0.5, 0.6) is 0 Å². The molecule has 3 saturated heterocycles. The van der Waals surface area contributed by atoms with Gasteiger partial charge in [0.2, 0.25) is 5.79 Å². The van der Waals surface area contributed by atoms with Crippen molar-refractivity contribution in [2.45, 2.75) is 44.6 Å². The van der Waals surface area contributed by atoms with Crippen molar-refractivity contribution in [3.8, 4) is 0 Å². The second-order valence-electron chi connectivity index (χ2n) is 5.87. The lowest BCUT2D eigenvalue weighted by atomic mass is 9.82. The van der Waals surface area contributed by atoms with Crippen LogP contribution >= 0.6 is 0 Å². The van der Waals surface area contributed by atoms with Crippen molar-refractivity contribution in [2.24, 2.45) is 5.41 Å². The lowest BCUT2D eigenvalue weighted by Gasteiger charge is -2.52. The molecule has 1 unspecified atom stereocenters. The average molecular weight is 332 g/mol. The minimum absolute atomic E-state index is 0.00441. The van der Waals surface area contributed by atoms with Crippen LogP contribution in [-0.2, 0) is 23.7 Å². The van der Waals surface area contributed by atoms with Crippen molar-refractivity contribution >= 4 is 5.97 Å². The third kappa shape index (κ3) is 2.50. The first-order valence-electron chi connectivity index (χ1n) is 7.64. The summed E-state index contributed by atoms with van der Waals surface area (Å²) < 4.78 is 22.1. The molecule has 3 aliphatic heterocycles. The summed E-state index contributed by atoms with van der Waals surface area (Å²) in [6.07, 6.45) is -0.0335. The van der Waals surface area contributed by atoms with Gasteiger partial charge in [-0.15, -0.1) is 0 Å². The molecule has 0 amide bonds. The molecule has 0 aliphatic carbocycles. The summed E-state index contributed by atoms with van der Waals surface area (Å²) in [6, 6.07) is 0. The van der Waals surface area contributed by atoms with E-state index in [9.17, 15) is 20.1 Å². The van der Waals surface area contributed by atoms with Gasteiger partial charge < -0.3 is 24.8 Å². The van der Waals surface area contributed by atoms with Gasteiger partial charge in [-0.05, 0) is 19.8 Å². The number of fused-ring (bicyclic) bond motifs is 1. The zero-order chi connectivity index (χ0) is 17.3. The number of hydrogen-bond acceptors (Lipinski definition) is 8. The number of carbonyl (C=O) groups excluding carboxylic acids is 1. The molecule has 0 saturated carbocycles. The number of esters is 1. The minimum atomic E-state index is -1.73. The standard InChI is InChI=1S/C15H24O8/c1-4-7-20-12(19)10(2)14-11(3)21-15(22-14,23-14)13(8-17,9-18)5-6-16/h11,16-18H,2,4-9H2,1,3H3. The van der Waals surface area contributed by atoms with Crippen LogP contribution in [0.3, 0.4) is 0 Å². The molecule has 8 nitrogen and oxygen atoms in total.